The van der Waals surface area contributed by atoms with Crippen LogP contribution in [0.2, 0.25) is 0 Å². The standard InChI is InChI=1S/C21H29NO3/c1-18-7-6-10-20(13-18)14-22(11-12-24-2)15-21(23)17-25-16-19-8-4-3-5-9-19/h3-10,13,21,23H,11-12,14-17H2,1-2H3/t21-/m0/s1. The van der Waals surface area contributed by atoms with Gasteiger partial charge < -0.3 is 14.6 Å². The third kappa shape index (κ3) is 7.80. The Morgan fingerprint density at radius 3 is 2.52 bits per heavy atom. The minimum absolute atomic E-state index is 0.326. The highest BCUT2D eigenvalue weighted by molar-refractivity contribution is 5.22. The fraction of sp³-hybridized carbons (Fsp3) is 0.429. The Balaban J connectivity index is 1.80. The van der Waals surface area contributed by atoms with Crippen molar-refractivity contribution < 1.29 is 14.6 Å². The van der Waals surface area contributed by atoms with E-state index in [4.69, 9.17) is 9.47 Å². The quantitative estimate of drug-likeness (QED) is 0.681. The molecule has 0 bridgehead atoms. The first-order valence-electron chi connectivity index (χ1n) is 8.74. The molecule has 1 N–H and O–H groups in total. The Morgan fingerprint density at radius 2 is 1.80 bits per heavy atom. The predicted octanol–water partition coefficient (Wildman–Crippen LogP) is 3.02. The summed E-state index contributed by atoms with van der Waals surface area (Å²) < 4.78 is 10.8. The van der Waals surface area contributed by atoms with Gasteiger partial charge in [-0.15, -0.1) is 0 Å². The maximum atomic E-state index is 10.3. The summed E-state index contributed by atoms with van der Waals surface area (Å²) in [6, 6.07) is 18.5. The Hall–Kier alpha value is -1.72. The van der Waals surface area contributed by atoms with Crippen molar-refractivity contribution in [3.05, 3.63) is 71.3 Å². The smallest absolute Gasteiger partial charge is 0.0900 e. The Bertz CT molecular complexity index is 603. The topological polar surface area (TPSA) is 41.9 Å². The summed E-state index contributed by atoms with van der Waals surface area (Å²) in [5, 5.41) is 10.3. The maximum absolute atomic E-state index is 10.3. The molecule has 0 fully saturated rings. The summed E-state index contributed by atoms with van der Waals surface area (Å²) in [6.07, 6.45) is -0.523. The lowest BCUT2D eigenvalue weighted by Crippen LogP contribution is -2.36. The molecule has 2 aromatic rings. The van der Waals surface area contributed by atoms with Crippen LogP contribution in [0.15, 0.2) is 54.6 Å². The molecule has 136 valence electrons. The SMILES string of the molecule is COCCN(Cc1cccc(C)c1)C[C@H](O)COCc1ccccc1. The third-order valence-electron chi connectivity index (χ3n) is 3.99. The fourth-order valence-corrected chi connectivity index (χ4v) is 2.76. The monoisotopic (exact) mass is 343 g/mol. The molecule has 0 saturated heterocycles. The Kier molecular flexibility index (Phi) is 8.63. The molecule has 1 atom stereocenters. The van der Waals surface area contributed by atoms with Crippen molar-refractivity contribution in [2.75, 3.05) is 33.4 Å². The molecule has 0 heterocycles. The van der Waals surface area contributed by atoms with Crippen molar-refractivity contribution in [2.24, 2.45) is 0 Å². The maximum Gasteiger partial charge on any atom is 0.0900 e. The van der Waals surface area contributed by atoms with Crippen LogP contribution in [0.1, 0.15) is 16.7 Å². The van der Waals surface area contributed by atoms with Gasteiger partial charge in [0.25, 0.3) is 0 Å². The van der Waals surface area contributed by atoms with Crippen LogP contribution in [0, 0.1) is 6.92 Å². The van der Waals surface area contributed by atoms with Crippen LogP contribution in [0.5, 0.6) is 0 Å². The number of methoxy groups -OCH3 is 1. The van der Waals surface area contributed by atoms with E-state index >= 15 is 0 Å². The molecule has 0 aliphatic rings. The number of ether oxygens (including phenoxy) is 2. The molecule has 0 spiro atoms. The van der Waals surface area contributed by atoms with Gasteiger partial charge in [0, 0.05) is 26.7 Å². The van der Waals surface area contributed by atoms with Crippen LogP contribution in [0.4, 0.5) is 0 Å². The first-order valence-corrected chi connectivity index (χ1v) is 8.74. The second-order valence-electron chi connectivity index (χ2n) is 6.37. The van der Waals surface area contributed by atoms with Crippen LogP contribution >= 0.6 is 0 Å². The summed E-state index contributed by atoms with van der Waals surface area (Å²) in [6.45, 7) is 5.71. The van der Waals surface area contributed by atoms with Gasteiger partial charge in [0.15, 0.2) is 0 Å². The van der Waals surface area contributed by atoms with Crippen molar-refractivity contribution in [1.29, 1.82) is 0 Å². The lowest BCUT2D eigenvalue weighted by Gasteiger charge is -2.25. The molecule has 0 aliphatic carbocycles. The fourth-order valence-electron chi connectivity index (χ4n) is 2.76. The first kappa shape index (κ1) is 19.6. The summed E-state index contributed by atoms with van der Waals surface area (Å²) in [4.78, 5) is 2.20. The van der Waals surface area contributed by atoms with Crippen molar-refractivity contribution in [2.45, 2.75) is 26.2 Å². The molecule has 2 rings (SSSR count). The summed E-state index contributed by atoms with van der Waals surface area (Å²) in [5.41, 5.74) is 3.61. The van der Waals surface area contributed by atoms with Crippen LogP contribution in [-0.4, -0.2) is 49.5 Å². The van der Waals surface area contributed by atoms with Gasteiger partial charge in [-0.25, -0.2) is 0 Å². The summed E-state index contributed by atoms with van der Waals surface area (Å²) in [7, 11) is 1.70. The summed E-state index contributed by atoms with van der Waals surface area (Å²) in [5.74, 6) is 0. The number of hydrogen-bond donors (Lipinski definition) is 1. The van der Waals surface area contributed by atoms with Gasteiger partial charge in [0.2, 0.25) is 0 Å². The largest absolute Gasteiger partial charge is 0.389 e. The number of nitrogens with zero attached hydrogens (tertiary/aromatic N) is 1. The molecular formula is C21H29NO3. The van der Waals surface area contributed by atoms with Crippen LogP contribution < -0.4 is 0 Å². The van der Waals surface area contributed by atoms with Gasteiger partial charge in [-0.2, -0.15) is 0 Å². The molecule has 0 saturated carbocycles. The average Bonchev–Trinajstić information content (AvgIpc) is 2.60. The van der Waals surface area contributed by atoms with Gasteiger partial charge in [-0.1, -0.05) is 60.2 Å². The van der Waals surface area contributed by atoms with Gasteiger partial charge >= 0.3 is 0 Å². The van der Waals surface area contributed by atoms with E-state index in [1.165, 1.54) is 11.1 Å². The average molecular weight is 343 g/mol. The zero-order valence-corrected chi connectivity index (χ0v) is 15.2. The molecule has 0 aromatic heterocycles. The van der Waals surface area contributed by atoms with E-state index in [9.17, 15) is 5.11 Å². The molecule has 4 heteroatoms. The van der Waals surface area contributed by atoms with Gasteiger partial charge in [0.1, 0.15) is 0 Å². The zero-order valence-electron chi connectivity index (χ0n) is 15.2. The van der Waals surface area contributed by atoms with Gasteiger partial charge in [0.05, 0.1) is 25.9 Å². The number of aliphatic hydroxyl groups is 1. The molecule has 2 aromatic carbocycles. The van der Waals surface area contributed by atoms with E-state index in [-0.39, 0.29) is 0 Å². The highest BCUT2D eigenvalue weighted by Crippen LogP contribution is 2.09. The lowest BCUT2D eigenvalue weighted by molar-refractivity contribution is 0.00479. The van der Waals surface area contributed by atoms with Crippen molar-refractivity contribution in [3.63, 3.8) is 0 Å². The highest BCUT2D eigenvalue weighted by atomic mass is 16.5. The van der Waals surface area contributed by atoms with Crippen LogP contribution in [0.25, 0.3) is 0 Å². The van der Waals surface area contributed by atoms with E-state index in [0.717, 1.165) is 18.7 Å². The van der Waals surface area contributed by atoms with E-state index in [2.05, 4.69) is 36.1 Å². The lowest BCUT2D eigenvalue weighted by atomic mass is 10.1. The summed E-state index contributed by atoms with van der Waals surface area (Å²) >= 11 is 0. The number of rotatable bonds is 11. The first-order chi connectivity index (χ1) is 12.2. The minimum atomic E-state index is -0.523. The zero-order chi connectivity index (χ0) is 17.9. The number of aryl methyl sites for hydroxylation is 1. The number of benzene rings is 2. The predicted molar refractivity (Wildman–Crippen MR) is 100 cm³/mol. The molecular weight excluding hydrogens is 314 g/mol. The Labute approximate surface area is 151 Å². The van der Waals surface area contributed by atoms with E-state index < -0.39 is 6.10 Å². The Morgan fingerprint density at radius 1 is 1.04 bits per heavy atom. The van der Waals surface area contributed by atoms with Crippen molar-refractivity contribution in [1.82, 2.24) is 4.90 Å². The molecule has 0 aliphatic heterocycles. The van der Waals surface area contributed by atoms with Crippen LogP contribution in [0.3, 0.4) is 0 Å². The van der Waals surface area contributed by atoms with E-state index in [1.807, 2.05) is 30.3 Å². The molecule has 4 nitrogen and oxygen atoms in total. The highest BCUT2D eigenvalue weighted by Gasteiger charge is 2.13. The molecule has 0 unspecified atom stereocenters. The number of hydrogen-bond acceptors (Lipinski definition) is 4. The van der Waals surface area contributed by atoms with Crippen LogP contribution in [-0.2, 0) is 22.6 Å². The normalized spacial score (nSPS) is 12.5. The van der Waals surface area contributed by atoms with Crippen molar-refractivity contribution >= 4 is 0 Å². The second kappa shape index (κ2) is 11.0. The second-order valence-corrected chi connectivity index (χ2v) is 6.37. The van der Waals surface area contributed by atoms with Crippen molar-refractivity contribution in [3.8, 4) is 0 Å². The van der Waals surface area contributed by atoms with E-state index in [1.54, 1.807) is 7.11 Å². The van der Waals surface area contributed by atoms with E-state index in [0.29, 0.717) is 26.4 Å². The minimum Gasteiger partial charge on any atom is -0.389 e. The third-order valence-corrected chi connectivity index (χ3v) is 3.99. The molecule has 0 radical (unpaired) electrons. The molecule has 25 heavy (non-hydrogen) atoms. The number of aliphatic hydroxyl groups excluding tert-OH is 1. The van der Waals surface area contributed by atoms with Gasteiger partial charge in [-0.05, 0) is 18.1 Å². The van der Waals surface area contributed by atoms with Gasteiger partial charge in [-0.3, -0.25) is 4.90 Å². The molecule has 0 amide bonds.